The van der Waals surface area contributed by atoms with Crippen molar-refractivity contribution in [2.75, 3.05) is 26.4 Å². The Balaban J connectivity index is 2.49. The highest BCUT2D eigenvalue weighted by Crippen LogP contribution is 2.16. The first-order valence-electron chi connectivity index (χ1n) is 6.79. The lowest BCUT2D eigenvalue weighted by atomic mass is 10.1. The fourth-order valence-corrected chi connectivity index (χ4v) is 1.78. The molecule has 1 amide bonds. The van der Waals surface area contributed by atoms with Gasteiger partial charge in [0.25, 0.3) is 5.91 Å². The van der Waals surface area contributed by atoms with Gasteiger partial charge in [0.2, 0.25) is 0 Å². The van der Waals surface area contributed by atoms with E-state index >= 15 is 0 Å². The fraction of sp³-hybridized carbons (Fsp3) is 0.438. The number of hydrogen-bond donors (Lipinski definition) is 2. The Hall–Kier alpha value is -1.54. The average Bonchev–Trinajstić information content (AvgIpc) is 2.45. The van der Waals surface area contributed by atoms with E-state index in [4.69, 9.17) is 21.4 Å². The summed E-state index contributed by atoms with van der Waals surface area (Å²) in [5.41, 5.74) is 1.06. The second kappa shape index (κ2) is 9.41. The van der Waals surface area contributed by atoms with E-state index in [0.717, 1.165) is 0 Å². The Labute approximate surface area is 130 Å². The number of carbonyl (C=O) groups is 1. The summed E-state index contributed by atoms with van der Waals surface area (Å²) >= 11 is 6.04. The summed E-state index contributed by atoms with van der Waals surface area (Å²) in [5.74, 6) is 5.51. The Bertz CT molecular complexity index is 532. The minimum atomic E-state index is -0.227. The summed E-state index contributed by atoms with van der Waals surface area (Å²) in [4.78, 5) is 11.9. The van der Waals surface area contributed by atoms with Crippen LogP contribution in [0.25, 0.3) is 0 Å². The maximum Gasteiger partial charge on any atom is 0.251 e. The van der Waals surface area contributed by atoms with Gasteiger partial charge >= 0.3 is 0 Å². The highest BCUT2D eigenvalue weighted by Gasteiger charge is 2.07. The van der Waals surface area contributed by atoms with Crippen LogP contribution in [0.2, 0.25) is 5.02 Å². The third-order valence-corrected chi connectivity index (χ3v) is 2.83. The van der Waals surface area contributed by atoms with Crippen LogP contribution in [-0.4, -0.2) is 37.4 Å². The van der Waals surface area contributed by atoms with Gasteiger partial charge in [-0.2, -0.15) is 0 Å². The van der Waals surface area contributed by atoms with Gasteiger partial charge < -0.3 is 15.2 Å². The molecular weight excluding hydrogens is 290 g/mol. The first kappa shape index (κ1) is 17.5. The molecule has 0 heterocycles. The molecule has 1 rings (SSSR count). The number of nitrogens with one attached hydrogen (secondary N) is 1. The number of rotatable bonds is 6. The molecule has 0 aliphatic heterocycles. The Morgan fingerprint density at radius 1 is 1.48 bits per heavy atom. The lowest BCUT2D eigenvalue weighted by Crippen LogP contribution is -2.27. The summed E-state index contributed by atoms with van der Waals surface area (Å²) in [6, 6.07) is 4.87. The van der Waals surface area contributed by atoms with Crippen molar-refractivity contribution in [3.8, 4) is 11.8 Å². The van der Waals surface area contributed by atoms with Crippen LogP contribution in [0.3, 0.4) is 0 Å². The summed E-state index contributed by atoms with van der Waals surface area (Å²) in [5, 5.41) is 11.8. The van der Waals surface area contributed by atoms with Crippen molar-refractivity contribution in [3.05, 3.63) is 34.3 Å². The Morgan fingerprint density at radius 2 is 2.24 bits per heavy atom. The predicted molar refractivity (Wildman–Crippen MR) is 83.4 cm³/mol. The quantitative estimate of drug-likeness (QED) is 0.625. The topological polar surface area (TPSA) is 58.6 Å². The number of ether oxygens (including phenoxy) is 1. The smallest absolute Gasteiger partial charge is 0.251 e. The van der Waals surface area contributed by atoms with Crippen LogP contribution in [0.1, 0.15) is 29.8 Å². The van der Waals surface area contributed by atoms with Gasteiger partial charge in [-0.05, 0) is 24.1 Å². The molecule has 0 saturated heterocycles. The Kier molecular flexibility index (Phi) is 7.84. The number of aliphatic hydroxyl groups is 1. The summed E-state index contributed by atoms with van der Waals surface area (Å²) < 4.78 is 5.39. The first-order chi connectivity index (χ1) is 10.0. The van der Waals surface area contributed by atoms with Crippen LogP contribution < -0.4 is 5.32 Å². The monoisotopic (exact) mass is 309 g/mol. The minimum Gasteiger partial charge on any atom is -0.384 e. The molecule has 0 unspecified atom stereocenters. The average molecular weight is 310 g/mol. The number of carbonyl (C=O) groups excluding carboxylic acids is 1. The highest BCUT2D eigenvalue weighted by molar-refractivity contribution is 6.32. The molecule has 0 saturated carbocycles. The van der Waals surface area contributed by atoms with Crippen molar-refractivity contribution >= 4 is 17.5 Å². The van der Waals surface area contributed by atoms with Gasteiger partial charge in [0.05, 0.1) is 11.6 Å². The molecule has 0 spiro atoms. The van der Waals surface area contributed by atoms with Gasteiger partial charge in [0.1, 0.15) is 6.61 Å². The van der Waals surface area contributed by atoms with E-state index in [1.807, 2.05) is 0 Å². The minimum absolute atomic E-state index is 0.202. The van der Waals surface area contributed by atoms with E-state index in [1.165, 1.54) is 0 Å². The number of aliphatic hydroxyl groups excluding tert-OH is 1. The predicted octanol–water partition coefficient (Wildman–Crippen LogP) is 2.09. The zero-order chi connectivity index (χ0) is 15.7. The molecule has 0 aliphatic rings. The van der Waals surface area contributed by atoms with Crippen LogP contribution >= 0.6 is 11.6 Å². The molecule has 4 nitrogen and oxygen atoms in total. The van der Waals surface area contributed by atoms with Crippen LogP contribution in [-0.2, 0) is 4.74 Å². The van der Waals surface area contributed by atoms with Crippen molar-refractivity contribution in [1.29, 1.82) is 0 Å². The SMILES string of the molecule is CC(C)COCCNC(=O)c1ccc(C#CCO)c(Cl)c1. The molecule has 0 aliphatic carbocycles. The first-order valence-corrected chi connectivity index (χ1v) is 7.17. The van der Waals surface area contributed by atoms with Crippen molar-refractivity contribution < 1.29 is 14.6 Å². The molecule has 0 bridgehead atoms. The van der Waals surface area contributed by atoms with Gasteiger partial charge in [0, 0.05) is 24.3 Å². The second-order valence-corrected chi connectivity index (χ2v) is 5.29. The number of amides is 1. The molecule has 1 aromatic carbocycles. The largest absolute Gasteiger partial charge is 0.384 e. The Morgan fingerprint density at radius 3 is 2.86 bits per heavy atom. The van der Waals surface area contributed by atoms with Crippen LogP contribution in [0.4, 0.5) is 0 Å². The summed E-state index contributed by atoms with van der Waals surface area (Å²) in [6.45, 7) is 5.53. The van der Waals surface area contributed by atoms with Crippen molar-refractivity contribution in [2.45, 2.75) is 13.8 Å². The number of halogens is 1. The maximum atomic E-state index is 11.9. The molecule has 0 atom stereocenters. The van der Waals surface area contributed by atoms with E-state index in [-0.39, 0.29) is 12.5 Å². The third kappa shape index (κ3) is 6.63. The summed E-state index contributed by atoms with van der Waals surface area (Å²) in [6.07, 6.45) is 0. The molecule has 5 heteroatoms. The van der Waals surface area contributed by atoms with Crippen molar-refractivity contribution in [3.63, 3.8) is 0 Å². The summed E-state index contributed by atoms with van der Waals surface area (Å²) in [7, 11) is 0. The van der Waals surface area contributed by atoms with Crippen molar-refractivity contribution in [2.24, 2.45) is 5.92 Å². The van der Waals surface area contributed by atoms with Crippen LogP contribution in [0.5, 0.6) is 0 Å². The van der Waals surface area contributed by atoms with Gasteiger partial charge in [-0.15, -0.1) is 0 Å². The molecule has 0 fully saturated rings. The number of benzene rings is 1. The fourth-order valence-electron chi connectivity index (χ4n) is 1.55. The molecule has 0 aromatic heterocycles. The standard InChI is InChI=1S/C16H20ClNO3/c1-12(2)11-21-9-7-18-16(20)14-6-5-13(4-3-8-19)15(17)10-14/h5-6,10,12,19H,7-9,11H2,1-2H3,(H,18,20). The van der Waals surface area contributed by atoms with E-state index in [1.54, 1.807) is 18.2 Å². The van der Waals surface area contributed by atoms with Gasteiger partial charge in [-0.1, -0.05) is 37.3 Å². The van der Waals surface area contributed by atoms with Crippen LogP contribution in [0, 0.1) is 17.8 Å². The molecular formula is C16H20ClNO3. The van der Waals surface area contributed by atoms with E-state index < -0.39 is 0 Å². The van der Waals surface area contributed by atoms with Crippen molar-refractivity contribution in [1.82, 2.24) is 5.32 Å². The highest BCUT2D eigenvalue weighted by atomic mass is 35.5. The molecule has 0 radical (unpaired) electrons. The van der Waals surface area contributed by atoms with Gasteiger partial charge in [-0.25, -0.2) is 0 Å². The van der Waals surface area contributed by atoms with E-state index in [0.29, 0.717) is 41.8 Å². The third-order valence-electron chi connectivity index (χ3n) is 2.52. The normalized spacial score (nSPS) is 10.1. The van der Waals surface area contributed by atoms with E-state index in [2.05, 4.69) is 31.0 Å². The number of hydrogen-bond acceptors (Lipinski definition) is 3. The lowest BCUT2D eigenvalue weighted by molar-refractivity contribution is 0.0886. The molecule has 114 valence electrons. The lowest BCUT2D eigenvalue weighted by Gasteiger charge is -2.08. The van der Waals surface area contributed by atoms with E-state index in [9.17, 15) is 4.79 Å². The second-order valence-electron chi connectivity index (χ2n) is 4.88. The molecule has 21 heavy (non-hydrogen) atoms. The zero-order valence-electron chi connectivity index (χ0n) is 12.3. The molecule has 1 aromatic rings. The van der Waals surface area contributed by atoms with Crippen LogP contribution in [0.15, 0.2) is 18.2 Å². The maximum absolute atomic E-state index is 11.9. The zero-order valence-corrected chi connectivity index (χ0v) is 13.0. The van der Waals surface area contributed by atoms with Gasteiger partial charge in [0.15, 0.2) is 0 Å². The molecule has 2 N–H and O–H groups in total. The van der Waals surface area contributed by atoms with Gasteiger partial charge in [-0.3, -0.25) is 4.79 Å².